The summed E-state index contributed by atoms with van der Waals surface area (Å²) in [5, 5.41) is 27.3. The number of carboxylic acids is 1. The molecule has 5 nitrogen and oxygen atoms in total. The molecule has 0 unspecified atom stereocenters. The van der Waals surface area contributed by atoms with E-state index in [4.69, 9.17) is 10.8 Å². The van der Waals surface area contributed by atoms with Gasteiger partial charge in [0.2, 0.25) is 0 Å². The maximum atomic E-state index is 10.7. The highest BCUT2D eigenvalue weighted by Gasteiger charge is 2.12. The molecule has 0 spiro atoms. The van der Waals surface area contributed by atoms with Gasteiger partial charge in [-0.05, 0) is 6.07 Å². The highest BCUT2D eigenvalue weighted by molar-refractivity contribution is 5.92. The van der Waals surface area contributed by atoms with Crippen molar-refractivity contribution in [3.8, 4) is 11.5 Å². The zero-order valence-electron chi connectivity index (χ0n) is 7.84. The number of phenols is 2. The lowest BCUT2D eigenvalue weighted by atomic mass is 10.1. The first kappa shape index (κ1) is 11.1. The van der Waals surface area contributed by atoms with E-state index in [1.54, 1.807) is 6.08 Å². The smallest absolute Gasteiger partial charge is 0.339 e. The number of benzene rings is 1. The molecule has 5 heteroatoms. The van der Waals surface area contributed by atoms with E-state index >= 15 is 0 Å². The Hall–Kier alpha value is -2.01. The number of carboxylic acid groups (broad SMARTS) is 1. The van der Waals surface area contributed by atoms with Gasteiger partial charge in [0.05, 0.1) is 0 Å². The molecule has 1 rings (SSSR count). The van der Waals surface area contributed by atoms with Gasteiger partial charge in [0, 0.05) is 18.2 Å². The molecule has 5 N–H and O–H groups in total. The quantitative estimate of drug-likeness (QED) is 0.588. The topological polar surface area (TPSA) is 104 Å². The minimum Gasteiger partial charge on any atom is -0.507 e. The van der Waals surface area contributed by atoms with Gasteiger partial charge in [-0.25, -0.2) is 4.79 Å². The second kappa shape index (κ2) is 4.47. The summed E-state index contributed by atoms with van der Waals surface area (Å²) in [6.45, 7) is 0.280. The van der Waals surface area contributed by atoms with Crippen molar-refractivity contribution in [1.82, 2.24) is 0 Å². The van der Waals surface area contributed by atoms with E-state index in [2.05, 4.69) is 0 Å². The van der Waals surface area contributed by atoms with Gasteiger partial charge in [-0.3, -0.25) is 0 Å². The summed E-state index contributed by atoms with van der Waals surface area (Å²) in [6.07, 6.45) is 3.05. The zero-order valence-corrected chi connectivity index (χ0v) is 7.84. The fourth-order valence-electron chi connectivity index (χ4n) is 1.09. The van der Waals surface area contributed by atoms with Crippen LogP contribution in [0.15, 0.2) is 18.2 Å². The molecule has 0 heterocycles. The van der Waals surface area contributed by atoms with E-state index in [-0.39, 0.29) is 17.9 Å². The molecule has 0 saturated carbocycles. The predicted molar refractivity (Wildman–Crippen MR) is 54.8 cm³/mol. The summed E-state index contributed by atoms with van der Waals surface area (Å²) in [5.41, 5.74) is 5.26. The Bertz CT molecular complexity index is 412. The number of carbonyl (C=O) groups is 1. The van der Waals surface area contributed by atoms with Crippen LogP contribution < -0.4 is 5.73 Å². The summed E-state index contributed by atoms with van der Waals surface area (Å²) < 4.78 is 0. The van der Waals surface area contributed by atoms with Gasteiger partial charge in [-0.1, -0.05) is 12.2 Å². The van der Waals surface area contributed by atoms with E-state index in [1.807, 2.05) is 0 Å². The van der Waals surface area contributed by atoms with Crippen LogP contribution in [-0.4, -0.2) is 27.8 Å². The molecule has 1 aromatic rings. The van der Waals surface area contributed by atoms with Crippen molar-refractivity contribution in [3.63, 3.8) is 0 Å². The standard InChI is InChI=1S/C10H11NO4/c11-3-1-2-6-4-7(10(14)15)9(13)5-8(6)12/h1-2,4-5,12-13H,3,11H2,(H,14,15)/b2-1+. The number of hydrogen-bond acceptors (Lipinski definition) is 4. The molecular weight excluding hydrogens is 198 g/mol. The minimum absolute atomic E-state index is 0.192. The summed E-state index contributed by atoms with van der Waals surface area (Å²) in [5.74, 6) is -1.91. The molecule has 0 aliphatic heterocycles. The lowest BCUT2D eigenvalue weighted by molar-refractivity contribution is 0.0693. The molecule has 0 aliphatic carbocycles. The molecule has 0 atom stereocenters. The maximum absolute atomic E-state index is 10.7. The van der Waals surface area contributed by atoms with Crippen molar-refractivity contribution >= 4 is 12.0 Å². The Morgan fingerprint density at radius 2 is 2.00 bits per heavy atom. The molecule has 0 amide bonds. The summed E-state index contributed by atoms with van der Waals surface area (Å²) in [4.78, 5) is 10.7. The normalized spacial score (nSPS) is 10.7. The number of phenolic OH excluding ortho intramolecular Hbond substituents is 1. The van der Waals surface area contributed by atoms with Crippen molar-refractivity contribution in [3.05, 3.63) is 29.3 Å². The van der Waals surface area contributed by atoms with Gasteiger partial charge in [-0.15, -0.1) is 0 Å². The lowest BCUT2D eigenvalue weighted by Crippen LogP contribution is -1.97. The maximum Gasteiger partial charge on any atom is 0.339 e. The molecule has 15 heavy (non-hydrogen) atoms. The highest BCUT2D eigenvalue weighted by Crippen LogP contribution is 2.28. The van der Waals surface area contributed by atoms with Gasteiger partial charge in [-0.2, -0.15) is 0 Å². The van der Waals surface area contributed by atoms with Crippen molar-refractivity contribution in [2.24, 2.45) is 5.73 Å². The molecule has 1 aromatic carbocycles. The van der Waals surface area contributed by atoms with Crippen LogP contribution in [0.1, 0.15) is 15.9 Å². The van der Waals surface area contributed by atoms with Crippen LogP contribution in [0.5, 0.6) is 11.5 Å². The highest BCUT2D eigenvalue weighted by atomic mass is 16.4. The van der Waals surface area contributed by atoms with E-state index in [1.165, 1.54) is 12.1 Å². The zero-order chi connectivity index (χ0) is 11.4. The molecular formula is C10H11NO4. The minimum atomic E-state index is -1.25. The number of aromatic carboxylic acids is 1. The number of nitrogens with two attached hydrogens (primary N) is 1. The van der Waals surface area contributed by atoms with Crippen LogP contribution in [0.4, 0.5) is 0 Å². The van der Waals surface area contributed by atoms with Crippen molar-refractivity contribution in [1.29, 1.82) is 0 Å². The van der Waals surface area contributed by atoms with Crippen molar-refractivity contribution in [2.75, 3.05) is 6.54 Å². The molecule has 0 radical (unpaired) electrons. The van der Waals surface area contributed by atoms with Crippen LogP contribution in [0, 0.1) is 0 Å². The third-order valence-electron chi connectivity index (χ3n) is 1.81. The molecule has 0 aliphatic rings. The molecule has 80 valence electrons. The van der Waals surface area contributed by atoms with E-state index in [9.17, 15) is 15.0 Å². The summed E-state index contributed by atoms with van der Waals surface area (Å²) in [6, 6.07) is 2.17. The van der Waals surface area contributed by atoms with Crippen LogP contribution in [0.25, 0.3) is 6.08 Å². The molecule has 0 aromatic heterocycles. The lowest BCUT2D eigenvalue weighted by Gasteiger charge is -2.03. The van der Waals surface area contributed by atoms with Gasteiger partial charge in [0.15, 0.2) is 0 Å². The average molecular weight is 209 g/mol. The Balaban J connectivity index is 3.23. The van der Waals surface area contributed by atoms with Crippen LogP contribution in [-0.2, 0) is 0 Å². The first-order valence-corrected chi connectivity index (χ1v) is 4.22. The molecule has 0 fully saturated rings. The average Bonchev–Trinajstić information content (AvgIpc) is 2.16. The van der Waals surface area contributed by atoms with Crippen LogP contribution >= 0.6 is 0 Å². The molecule has 0 bridgehead atoms. The number of hydrogen-bond donors (Lipinski definition) is 4. The Morgan fingerprint density at radius 3 is 2.53 bits per heavy atom. The number of aromatic hydroxyl groups is 2. The van der Waals surface area contributed by atoms with Crippen molar-refractivity contribution < 1.29 is 20.1 Å². The van der Waals surface area contributed by atoms with Gasteiger partial charge in [0.25, 0.3) is 0 Å². The van der Waals surface area contributed by atoms with Gasteiger partial charge >= 0.3 is 5.97 Å². The Kier molecular flexibility index (Phi) is 3.30. The van der Waals surface area contributed by atoms with E-state index in [0.29, 0.717) is 5.56 Å². The van der Waals surface area contributed by atoms with Crippen molar-refractivity contribution in [2.45, 2.75) is 0 Å². The first-order valence-electron chi connectivity index (χ1n) is 4.22. The fraction of sp³-hybridized carbons (Fsp3) is 0.100. The van der Waals surface area contributed by atoms with Crippen LogP contribution in [0.3, 0.4) is 0 Å². The van der Waals surface area contributed by atoms with E-state index < -0.39 is 11.7 Å². The molecule has 0 saturated heterocycles. The van der Waals surface area contributed by atoms with Gasteiger partial charge < -0.3 is 21.1 Å². The third kappa shape index (κ3) is 2.47. The second-order valence-corrected chi connectivity index (χ2v) is 2.87. The monoisotopic (exact) mass is 209 g/mol. The predicted octanol–water partition coefficient (Wildman–Crippen LogP) is 0.768. The van der Waals surface area contributed by atoms with E-state index in [0.717, 1.165) is 6.07 Å². The second-order valence-electron chi connectivity index (χ2n) is 2.87. The third-order valence-corrected chi connectivity index (χ3v) is 1.81. The largest absolute Gasteiger partial charge is 0.507 e. The number of rotatable bonds is 3. The SMILES string of the molecule is NC/C=C/c1cc(C(=O)O)c(O)cc1O. The fourth-order valence-corrected chi connectivity index (χ4v) is 1.09. The first-order chi connectivity index (χ1) is 7.06. The Labute approximate surface area is 86.1 Å². The Morgan fingerprint density at radius 1 is 1.33 bits per heavy atom. The summed E-state index contributed by atoms with van der Waals surface area (Å²) >= 11 is 0. The van der Waals surface area contributed by atoms with Crippen LogP contribution in [0.2, 0.25) is 0 Å². The summed E-state index contributed by atoms with van der Waals surface area (Å²) in [7, 11) is 0. The van der Waals surface area contributed by atoms with Gasteiger partial charge in [0.1, 0.15) is 17.1 Å².